The number of halogens is 20. The van der Waals surface area contributed by atoms with Gasteiger partial charge < -0.3 is 0 Å². The maximum atomic E-state index is 15.4. The molecule has 0 aliphatic heterocycles. The number of carbonyl (C=O) groups excluding carboxylic acids is 1. The quantitative estimate of drug-likeness (QED) is 0.0283. The Kier molecular flexibility index (Phi) is 14.3. The van der Waals surface area contributed by atoms with Crippen molar-refractivity contribution in [1.29, 1.82) is 0 Å². The SMILES string of the molecule is Fc1c(F)c(F)c([B-](c2c(F)c(F)c(F)c(F)c2F)(c2c(F)c(F)c(F)c(F)c2F)c2c(F)c(F)c(F)c(F)c2F)c(F)c1F.O=C(C[n+]1c(-c2c3ccccc3cc3cc4ccccc4cc23)ccc2ccccc21)c1ccccc1. The fraction of sp³-hybridized carbons (Fsp3) is 0.0169. The molecule has 11 rings (SSSR count). The molecule has 0 spiro atoms. The van der Waals surface area contributed by atoms with Crippen LogP contribution in [0.3, 0.4) is 0 Å². The van der Waals surface area contributed by atoms with Crippen molar-refractivity contribution in [2.45, 2.75) is 6.54 Å². The predicted octanol–water partition coefficient (Wildman–Crippen LogP) is 14.0. The van der Waals surface area contributed by atoms with Crippen LogP contribution in [-0.4, -0.2) is 11.9 Å². The van der Waals surface area contributed by atoms with Crippen LogP contribution in [0.5, 0.6) is 0 Å². The maximum absolute atomic E-state index is 15.4. The summed E-state index contributed by atoms with van der Waals surface area (Å²) in [5, 5.41) is 8.30. The lowest BCUT2D eigenvalue weighted by Gasteiger charge is -2.44. The van der Waals surface area contributed by atoms with E-state index in [0.29, 0.717) is 0 Å². The van der Waals surface area contributed by atoms with Crippen LogP contribution >= 0.6 is 0 Å². The minimum Gasteiger partial charge on any atom is -0.287 e. The summed E-state index contributed by atoms with van der Waals surface area (Å²) >= 11 is 0. The standard InChI is InChI=1S/C35H24NO.C24BF20/c37-34(25-11-2-1-3-12-25)23-36-32-17-9-7-10-24(32)18-19-33(36)35-30-16-8-6-15-28(30)21-29-20-26-13-4-5-14-27(26)22-31(29)35;26-5-1(6(27)14(35)21(42)13(5)34)25(2-7(28)15(36)22(43)16(37)8(2)29,3-9(30)17(38)23(44)18(39)10(3)31)4-11(32)19(40)24(45)20(41)12(4)33/h1-22H,23H2;/q+1;-1. The van der Waals surface area contributed by atoms with Gasteiger partial charge in [0.2, 0.25) is 23.5 Å². The van der Waals surface area contributed by atoms with Gasteiger partial charge in [-0.15, -0.1) is 21.9 Å². The van der Waals surface area contributed by atoms with E-state index in [9.17, 15) is 57.5 Å². The molecule has 0 fully saturated rings. The molecule has 82 heavy (non-hydrogen) atoms. The van der Waals surface area contributed by atoms with E-state index in [4.69, 9.17) is 0 Å². The highest BCUT2D eigenvalue weighted by Gasteiger charge is 2.52. The first-order valence-electron chi connectivity index (χ1n) is 23.5. The number of nitrogens with zero attached hydrogens (tertiary/aromatic N) is 1. The van der Waals surface area contributed by atoms with Crippen molar-refractivity contribution in [1.82, 2.24) is 0 Å². The number of fused-ring (bicyclic) bond motifs is 4. The van der Waals surface area contributed by atoms with Crippen LogP contribution in [-0.2, 0) is 6.54 Å². The summed E-state index contributed by atoms with van der Waals surface area (Å²) in [7, 11) is 0. The van der Waals surface area contributed by atoms with Crippen molar-refractivity contribution in [3.63, 3.8) is 0 Å². The lowest BCUT2D eigenvalue weighted by Crippen LogP contribution is -2.81. The zero-order chi connectivity index (χ0) is 59.1. The van der Waals surface area contributed by atoms with Gasteiger partial charge in [0.15, 0.2) is 69.8 Å². The summed E-state index contributed by atoms with van der Waals surface area (Å²) in [6, 6.07) is 46.2. The van der Waals surface area contributed by atoms with Gasteiger partial charge in [-0.1, -0.05) is 91.0 Å². The Labute approximate surface area is 446 Å². The highest BCUT2D eigenvalue weighted by Crippen LogP contribution is 2.38. The second kappa shape index (κ2) is 21.0. The van der Waals surface area contributed by atoms with Gasteiger partial charge in [-0.25, -0.2) is 87.8 Å². The molecule has 0 bridgehead atoms. The summed E-state index contributed by atoms with van der Waals surface area (Å²) in [4.78, 5) is 13.5. The van der Waals surface area contributed by atoms with E-state index in [2.05, 4.69) is 95.6 Å². The van der Waals surface area contributed by atoms with Crippen LogP contribution in [0, 0.1) is 116 Å². The maximum Gasteiger partial charge on any atom is 0.227 e. The molecule has 0 amide bonds. The fourth-order valence-electron chi connectivity index (χ4n) is 10.4. The molecule has 0 aliphatic rings. The van der Waals surface area contributed by atoms with E-state index in [-0.39, 0.29) is 12.3 Å². The van der Waals surface area contributed by atoms with E-state index in [0.717, 1.165) is 27.7 Å². The van der Waals surface area contributed by atoms with Gasteiger partial charge in [0.05, 0.1) is 5.56 Å². The molecule has 23 heteroatoms. The first kappa shape index (κ1) is 56.0. The van der Waals surface area contributed by atoms with Gasteiger partial charge in [-0.3, -0.25) is 4.79 Å². The number of aromatic nitrogens is 1. The topological polar surface area (TPSA) is 20.9 Å². The Balaban J connectivity index is 0.000000186. The molecule has 0 saturated carbocycles. The van der Waals surface area contributed by atoms with Crippen molar-refractivity contribution in [2.24, 2.45) is 0 Å². The van der Waals surface area contributed by atoms with Crippen molar-refractivity contribution < 1.29 is 97.2 Å². The van der Waals surface area contributed by atoms with Gasteiger partial charge in [0.25, 0.3) is 0 Å². The van der Waals surface area contributed by atoms with E-state index in [1.165, 1.54) is 32.3 Å². The number of carbonyl (C=O) groups is 1. The van der Waals surface area contributed by atoms with Crippen LogP contribution in [0.15, 0.2) is 133 Å². The largest absolute Gasteiger partial charge is 0.287 e. The Morgan fingerprint density at radius 1 is 0.305 bits per heavy atom. The monoisotopic (exact) mass is 1150 g/mol. The number of para-hydroxylation sites is 1. The highest BCUT2D eigenvalue weighted by atomic mass is 19.2. The average molecular weight is 1150 g/mol. The molecule has 0 N–H and O–H groups in total. The Morgan fingerprint density at radius 3 is 1.06 bits per heavy atom. The van der Waals surface area contributed by atoms with Crippen LogP contribution < -0.4 is 26.4 Å². The number of pyridine rings is 1. The van der Waals surface area contributed by atoms with Crippen LogP contribution in [0.4, 0.5) is 87.8 Å². The molecule has 0 radical (unpaired) electrons. The van der Waals surface area contributed by atoms with Crippen LogP contribution in [0.25, 0.3) is 54.5 Å². The number of hydrogen-bond acceptors (Lipinski definition) is 1. The second-order valence-electron chi connectivity index (χ2n) is 18.3. The Morgan fingerprint density at radius 2 is 0.634 bits per heavy atom. The lowest BCUT2D eigenvalue weighted by molar-refractivity contribution is -0.645. The second-order valence-corrected chi connectivity index (χ2v) is 18.3. The van der Waals surface area contributed by atoms with Crippen LogP contribution in [0.2, 0.25) is 0 Å². The van der Waals surface area contributed by atoms with Gasteiger partial charge in [0, 0.05) is 23.1 Å². The van der Waals surface area contributed by atoms with E-state index in [1.807, 2.05) is 42.5 Å². The van der Waals surface area contributed by atoms with Crippen molar-refractivity contribution >= 4 is 77.0 Å². The van der Waals surface area contributed by atoms with E-state index >= 15 is 35.1 Å². The molecule has 0 atom stereocenters. The number of benzene rings is 10. The lowest BCUT2D eigenvalue weighted by atomic mass is 9.12. The first-order chi connectivity index (χ1) is 39.0. The summed E-state index contributed by atoms with van der Waals surface area (Å²) in [6.07, 6.45) is -7.22. The van der Waals surface area contributed by atoms with Crippen molar-refractivity contribution in [3.05, 3.63) is 255 Å². The molecule has 414 valence electrons. The summed E-state index contributed by atoms with van der Waals surface area (Å²) in [5.74, 6) is -71.3. The molecular weight excluding hydrogens is 1130 g/mol. The zero-order valence-corrected chi connectivity index (χ0v) is 40.4. The minimum atomic E-state index is -7.22. The molecule has 0 saturated heterocycles. The number of hydrogen-bond donors (Lipinski definition) is 0. The Bertz CT molecular complexity index is 4130. The predicted molar refractivity (Wildman–Crippen MR) is 262 cm³/mol. The molecule has 1 aromatic heterocycles. The molecule has 11 aromatic rings. The number of rotatable bonds is 8. The summed E-state index contributed by atoms with van der Waals surface area (Å²) < 4.78 is 296. The fourth-order valence-corrected chi connectivity index (χ4v) is 10.4. The Hall–Kier alpha value is -9.28. The third kappa shape index (κ3) is 8.53. The van der Waals surface area contributed by atoms with Gasteiger partial charge in [-0.2, -0.15) is 4.57 Å². The van der Waals surface area contributed by atoms with Crippen LogP contribution in [0.1, 0.15) is 10.4 Å². The van der Waals surface area contributed by atoms with E-state index < -0.39 is 144 Å². The average Bonchev–Trinajstić information content (AvgIpc) is 1.10. The van der Waals surface area contributed by atoms with Gasteiger partial charge >= 0.3 is 0 Å². The van der Waals surface area contributed by atoms with Gasteiger partial charge in [0.1, 0.15) is 52.7 Å². The smallest absolute Gasteiger partial charge is 0.227 e. The van der Waals surface area contributed by atoms with Crippen molar-refractivity contribution in [2.75, 3.05) is 0 Å². The first-order valence-corrected chi connectivity index (χ1v) is 23.5. The summed E-state index contributed by atoms with van der Waals surface area (Å²) in [6.45, 7) is 0.263. The molecule has 0 unspecified atom stereocenters. The van der Waals surface area contributed by atoms with Crippen molar-refractivity contribution in [3.8, 4) is 11.3 Å². The zero-order valence-electron chi connectivity index (χ0n) is 40.4. The molecule has 2 nitrogen and oxygen atoms in total. The highest BCUT2D eigenvalue weighted by molar-refractivity contribution is 7.20. The normalized spacial score (nSPS) is 11.8. The minimum absolute atomic E-state index is 0.0956. The number of Topliss-reactive ketones (excluding diaryl/α,β-unsaturated/α-hetero) is 1. The third-order valence-corrected chi connectivity index (χ3v) is 14.0. The molecular formula is C59H24BF20NO. The third-order valence-electron chi connectivity index (χ3n) is 14.0. The molecule has 1 heterocycles. The molecule has 10 aromatic carbocycles. The summed E-state index contributed by atoms with van der Waals surface area (Å²) in [5.41, 5.74) is -10.4. The van der Waals surface area contributed by atoms with Gasteiger partial charge in [-0.05, 0) is 62.6 Å². The van der Waals surface area contributed by atoms with E-state index in [1.54, 1.807) is 0 Å². The number of ketones is 1. The molecule has 0 aliphatic carbocycles.